The number of carbonyl (C=O) groups excluding carboxylic acids is 1. The van der Waals surface area contributed by atoms with E-state index in [1.807, 2.05) is 0 Å². The van der Waals surface area contributed by atoms with Crippen molar-refractivity contribution in [1.82, 2.24) is 4.90 Å². The van der Waals surface area contributed by atoms with Crippen LogP contribution < -0.4 is 9.46 Å². The topological polar surface area (TPSA) is 92.8 Å². The van der Waals surface area contributed by atoms with E-state index in [4.69, 9.17) is 4.74 Å². The van der Waals surface area contributed by atoms with Gasteiger partial charge in [-0.3, -0.25) is 13.7 Å². The fraction of sp³-hybridized carbons (Fsp3) is 0.316. The van der Waals surface area contributed by atoms with E-state index in [-0.39, 0.29) is 10.8 Å². The predicted molar refractivity (Wildman–Crippen MR) is 109 cm³/mol. The molecule has 0 saturated carbocycles. The van der Waals surface area contributed by atoms with Gasteiger partial charge in [-0.2, -0.15) is 0 Å². The number of aryl methyl sites for hydroxylation is 1. The van der Waals surface area contributed by atoms with Crippen molar-refractivity contribution < 1.29 is 22.2 Å². The Morgan fingerprint density at radius 2 is 1.75 bits per heavy atom. The predicted octanol–water partition coefficient (Wildman–Crippen LogP) is 2.01. The van der Waals surface area contributed by atoms with E-state index in [2.05, 4.69) is 4.72 Å². The number of benzene rings is 2. The van der Waals surface area contributed by atoms with Crippen molar-refractivity contribution >= 4 is 32.4 Å². The van der Waals surface area contributed by atoms with E-state index in [0.29, 0.717) is 47.2 Å². The molecule has 1 saturated heterocycles. The van der Waals surface area contributed by atoms with Gasteiger partial charge in [-0.15, -0.1) is 0 Å². The Bertz CT molecular complexity index is 993. The number of anilines is 1. The molecule has 0 aromatic heterocycles. The van der Waals surface area contributed by atoms with Crippen molar-refractivity contribution in [2.45, 2.75) is 11.8 Å². The lowest BCUT2D eigenvalue weighted by atomic mass is 10.1. The molecule has 0 bridgehead atoms. The van der Waals surface area contributed by atoms with Crippen molar-refractivity contribution in [3.63, 3.8) is 0 Å². The van der Waals surface area contributed by atoms with Crippen molar-refractivity contribution in [3.8, 4) is 5.75 Å². The van der Waals surface area contributed by atoms with Crippen LogP contribution in [0, 0.1) is 6.92 Å². The van der Waals surface area contributed by atoms with Crippen LogP contribution in [-0.4, -0.2) is 55.1 Å². The molecule has 150 valence electrons. The van der Waals surface area contributed by atoms with Gasteiger partial charge in [0.05, 0.1) is 12.0 Å². The molecule has 1 N–H and O–H groups in total. The normalized spacial score (nSPS) is 15.3. The summed E-state index contributed by atoms with van der Waals surface area (Å²) >= 11 is 0. The number of nitrogens with zero attached hydrogens (tertiary/aromatic N) is 1. The lowest BCUT2D eigenvalue weighted by Crippen LogP contribution is -2.42. The standard InChI is InChI=1S/C19H22N2O5S2/c1-14-3-8-17(13-18(14)19(22)21-9-11-27(23)12-10-21)28(24,25)20-15-4-6-16(26-2)7-5-15/h3-8,13,20H,9-12H2,1-2H3. The number of nitrogens with one attached hydrogen (secondary N) is 1. The quantitative estimate of drug-likeness (QED) is 0.796. The lowest BCUT2D eigenvalue weighted by Gasteiger charge is -2.27. The van der Waals surface area contributed by atoms with Gasteiger partial charge in [0.1, 0.15) is 5.75 Å². The van der Waals surface area contributed by atoms with Gasteiger partial charge >= 0.3 is 0 Å². The Kier molecular flexibility index (Phi) is 6.04. The van der Waals surface area contributed by atoms with Gasteiger partial charge in [0.2, 0.25) is 0 Å². The minimum Gasteiger partial charge on any atom is -0.497 e. The van der Waals surface area contributed by atoms with Crippen LogP contribution in [0.1, 0.15) is 15.9 Å². The summed E-state index contributed by atoms with van der Waals surface area (Å²) in [5, 5.41) is 0. The highest BCUT2D eigenvalue weighted by molar-refractivity contribution is 7.92. The van der Waals surface area contributed by atoms with Crippen LogP contribution in [0.2, 0.25) is 0 Å². The number of methoxy groups -OCH3 is 1. The van der Waals surface area contributed by atoms with E-state index in [1.165, 1.54) is 19.2 Å². The molecule has 2 aromatic carbocycles. The molecule has 1 aliphatic rings. The van der Waals surface area contributed by atoms with Gasteiger partial charge < -0.3 is 9.64 Å². The van der Waals surface area contributed by atoms with Gasteiger partial charge in [0.25, 0.3) is 15.9 Å². The first-order valence-corrected chi connectivity index (χ1v) is 11.7. The summed E-state index contributed by atoms with van der Waals surface area (Å²) in [7, 11) is -3.22. The molecule has 1 amide bonds. The third-order valence-corrected chi connectivity index (χ3v) is 7.21. The highest BCUT2D eigenvalue weighted by atomic mass is 32.2. The third kappa shape index (κ3) is 4.53. The monoisotopic (exact) mass is 422 g/mol. The van der Waals surface area contributed by atoms with Crippen LogP contribution >= 0.6 is 0 Å². The molecule has 3 rings (SSSR count). The molecule has 7 nitrogen and oxygen atoms in total. The van der Waals surface area contributed by atoms with Gasteiger partial charge in [0.15, 0.2) is 0 Å². The average molecular weight is 423 g/mol. The summed E-state index contributed by atoms with van der Waals surface area (Å²) in [6, 6.07) is 11.0. The van der Waals surface area contributed by atoms with Crippen molar-refractivity contribution in [2.24, 2.45) is 0 Å². The zero-order chi connectivity index (χ0) is 20.3. The highest BCUT2D eigenvalue weighted by Gasteiger charge is 2.24. The maximum Gasteiger partial charge on any atom is 0.261 e. The molecule has 0 radical (unpaired) electrons. The molecule has 9 heteroatoms. The second-order valence-corrected chi connectivity index (χ2v) is 9.83. The van der Waals surface area contributed by atoms with Gasteiger partial charge in [-0.1, -0.05) is 6.07 Å². The Labute approximate surface area is 167 Å². The SMILES string of the molecule is COc1ccc(NS(=O)(=O)c2ccc(C)c(C(=O)N3CCS(=O)CC3)c2)cc1. The van der Waals surface area contributed by atoms with Crippen molar-refractivity contribution in [3.05, 3.63) is 53.6 Å². The van der Waals surface area contributed by atoms with Crippen molar-refractivity contribution in [1.29, 1.82) is 0 Å². The van der Waals surface area contributed by atoms with E-state index in [1.54, 1.807) is 42.2 Å². The molecule has 0 unspecified atom stereocenters. The molecule has 1 fully saturated rings. The summed E-state index contributed by atoms with van der Waals surface area (Å²) in [6.45, 7) is 2.58. The Balaban J connectivity index is 1.84. The van der Waals surface area contributed by atoms with Crippen LogP contribution in [0.3, 0.4) is 0 Å². The summed E-state index contributed by atoms with van der Waals surface area (Å²) < 4.78 is 44.6. The zero-order valence-corrected chi connectivity index (χ0v) is 17.3. The molecule has 0 atom stereocenters. The molecule has 0 spiro atoms. The smallest absolute Gasteiger partial charge is 0.261 e. The summed E-state index contributed by atoms with van der Waals surface area (Å²) in [4.78, 5) is 14.5. The Morgan fingerprint density at radius 3 is 2.36 bits per heavy atom. The third-order valence-electron chi connectivity index (χ3n) is 4.56. The van der Waals surface area contributed by atoms with E-state index in [0.717, 1.165) is 0 Å². The highest BCUT2D eigenvalue weighted by Crippen LogP contribution is 2.22. The minimum atomic E-state index is -3.86. The molecule has 2 aromatic rings. The number of amides is 1. The van der Waals surface area contributed by atoms with Crippen LogP contribution in [0.15, 0.2) is 47.4 Å². The van der Waals surface area contributed by atoms with Crippen LogP contribution in [0.25, 0.3) is 0 Å². The molecule has 1 heterocycles. The van der Waals surface area contributed by atoms with Gasteiger partial charge in [0, 0.05) is 46.6 Å². The lowest BCUT2D eigenvalue weighted by molar-refractivity contribution is 0.0770. The minimum absolute atomic E-state index is 0.0119. The first kappa shape index (κ1) is 20.3. The van der Waals surface area contributed by atoms with E-state index in [9.17, 15) is 17.4 Å². The second kappa shape index (κ2) is 8.32. The maximum absolute atomic E-state index is 12.8. The van der Waals surface area contributed by atoms with Crippen molar-refractivity contribution in [2.75, 3.05) is 36.4 Å². The van der Waals surface area contributed by atoms with Gasteiger partial charge in [-0.25, -0.2) is 8.42 Å². The fourth-order valence-electron chi connectivity index (χ4n) is 2.88. The first-order valence-electron chi connectivity index (χ1n) is 8.72. The average Bonchev–Trinajstić information content (AvgIpc) is 2.68. The molecule has 1 aliphatic heterocycles. The summed E-state index contributed by atoms with van der Waals surface area (Å²) in [5.41, 5.74) is 1.43. The number of sulfonamides is 1. The number of carbonyl (C=O) groups is 1. The van der Waals surface area contributed by atoms with Crippen LogP contribution in [0.5, 0.6) is 5.75 Å². The largest absolute Gasteiger partial charge is 0.497 e. The fourth-order valence-corrected chi connectivity index (χ4v) is 5.02. The first-order chi connectivity index (χ1) is 13.3. The second-order valence-electron chi connectivity index (χ2n) is 6.45. The maximum atomic E-state index is 12.8. The molecular formula is C19H22N2O5S2. The zero-order valence-electron chi connectivity index (χ0n) is 15.7. The summed E-state index contributed by atoms with van der Waals surface area (Å²) in [6.07, 6.45) is 0. The Hall–Kier alpha value is -2.39. The number of hydrogen-bond donors (Lipinski definition) is 1. The Morgan fingerprint density at radius 1 is 1.11 bits per heavy atom. The molecule has 0 aliphatic carbocycles. The number of rotatable bonds is 5. The van der Waals surface area contributed by atoms with Crippen LogP contribution in [-0.2, 0) is 20.8 Å². The molecular weight excluding hydrogens is 400 g/mol. The van der Waals surface area contributed by atoms with Gasteiger partial charge in [-0.05, 0) is 48.9 Å². The van der Waals surface area contributed by atoms with E-state index < -0.39 is 20.8 Å². The number of ether oxygens (including phenoxy) is 1. The molecule has 28 heavy (non-hydrogen) atoms. The number of hydrogen-bond acceptors (Lipinski definition) is 5. The van der Waals surface area contributed by atoms with Crippen LogP contribution in [0.4, 0.5) is 5.69 Å². The van der Waals surface area contributed by atoms with E-state index >= 15 is 0 Å². The summed E-state index contributed by atoms with van der Waals surface area (Å²) in [5.74, 6) is 1.27.